The highest BCUT2D eigenvalue weighted by Gasteiger charge is 2.36. The van der Waals surface area contributed by atoms with E-state index in [1.165, 1.54) is 25.2 Å². The van der Waals surface area contributed by atoms with Gasteiger partial charge in [-0.05, 0) is 12.1 Å². The number of carbonyl (C=O) groups is 2. The van der Waals surface area contributed by atoms with Crippen LogP contribution in [0.15, 0.2) is 18.2 Å². The molecule has 0 aliphatic carbocycles. The van der Waals surface area contributed by atoms with Crippen LogP contribution in [-0.4, -0.2) is 37.7 Å². The van der Waals surface area contributed by atoms with Crippen LogP contribution in [0.2, 0.25) is 0 Å². The molecule has 0 bridgehead atoms. The lowest BCUT2D eigenvalue weighted by Gasteiger charge is -2.18. The summed E-state index contributed by atoms with van der Waals surface area (Å²) in [7, 11) is 2.79. The van der Waals surface area contributed by atoms with E-state index < -0.39 is 11.9 Å². The van der Waals surface area contributed by atoms with E-state index in [0.29, 0.717) is 11.4 Å². The Morgan fingerprint density at radius 2 is 2.16 bits per heavy atom. The molecule has 2 rings (SSSR count). The second kappa shape index (κ2) is 5.17. The van der Waals surface area contributed by atoms with E-state index in [4.69, 9.17) is 4.74 Å². The van der Waals surface area contributed by atoms with Gasteiger partial charge in [0.1, 0.15) is 11.5 Å². The molecular formula is C13H15NO5. The van der Waals surface area contributed by atoms with E-state index in [0.717, 1.165) is 0 Å². The fourth-order valence-corrected chi connectivity index (χ4v) is 2.11. The fraction of sp³-hybridized carbons (Fsp3) is 0.385. The number of hydrogen-bond donors (Lipinski definition) is 1. The minimum absolute atomic E-state index is 0.0281. The van der Waals surface area contributed by atoms with Crippen molar-refractivity contribution in [2.45, 2.75) is 6.42 Å². The molecule has 1 heterocycles. The number of phenols is 1. The highest BCUT2D eigenvalue weighted by Crippen LogP contribution is 2.35. The summed E-state index contributed by atoms with van der Waals surface area (Å²) in [4.78, 5) is 24.8. The fourth-order valence-electron chi connectivity index (χ4n) is 2.11. The number of ether oxygens (including phenoxy) is 2. The van der Waals surface area contributed by atoms with Crippen LogP contribution < -0.4 is 9.64 Å². The first kappa shape index (κ1) is 13.2. The van der Waals surface area contributed by atoms with Crippen molar-refractivity contribution in [3.05, 3.63) is 18.2 Å². The number of anilines is 1. The molecule has 1 aromatic carbocycles. The van der Waals surface area contributed by atoms with E-state index in [2.05, 4.69) is 4.74 Å². The third kappa shape index (κ3) is 2.47. The Bertz CT molecular complexity index is 514. The number of carbonyl (C=O) groups excluding carboxylic acids is 2. The molecule has 19 heavy (non-hydrogen) atoms. The maximum Gasteiger partial charge on any atom is 0.311 e. The summed E-state index contributed by atoms with van der Waals surface area (Å²) in [6, 6.07) is 4.61. The first-order valence-electron chi connectivity index (χ1n) is 5.82. The van der Waals surface area contributed by atoms with Gasteiger partial charge in [0.25, 0.3) is 0 Å². The van der Waals surface area contributed by atoms with Crippen LogP contribution in [-0.2, 0) is 14.3 Å². The third-order valence-electron chi connectivity index (χ3n) is 3.13. The van der Waals surface area contributed by atoms with Crippen LogP contribution >= 0.6 is 0 Å². The average Bonchev–Trinajstić information content (AvgIpc) is 2.80. The van der Waals surface area contributed by atoms with Crippen molar-refractivity contribution >= 4 is 17.6 Å². The zero-order chi connectivity index (χ0) is 14.0. The van der Waals surface area contributed by atoms with Gasteiger partial charge in [0, 0.05) is 19.0 Å². The number of esters is 1. The molecule has 0 aromatic heterocycles. The average molecular weight is 265 g/mol. The summed E-state index contributed by atoms with van der Waals surface area (Å²) in [5.74, 6) is -0.637. The van der Waals surface area contributed by atoms with Gasteiger partial charge in [-0.15, -0.1) is 0 Å². The quantitative estimate of drug-likeness (QED) is 0.823. The summed E-state index contributed by atoms with van der Waals surface area (Å²) >= 11 is 0. The van der Waals surface area contributed by atoms with E-state index >= 15 is 0 Å². The number of aromatic hydroxyl groups is 1. The van der Waals surface area contributed by atoms with Crippen LogP contribution in [0.1, 0.15) is 6.42 Å². The molecule has 1 aliphatic rings. The van der Waals surface area contributed by atoms with Gasteiger partial charge in [-0.25, -0.2) is 0 Å². The normalized spacial score (nSPS) is 18.5. The molecular weight excluding hydrogens is 250 g/mol. The molecule has 1 aliphatic heterocycles. The second-order valence-electron chi connectivity index (χ2n) is 4.28. The zero-order valence-corrected chi connectivity index (χ0v) is 10.8. The highest BCUT2D eigenvalue weighted by atomic mass is 16.5. The summed E-state index contributed by atoms with van der Waals surface area (Å²) in [5.41, 5.74) is 0.343. The molecule has 0 saturated carbocycles. The Morgan fingerprint density at radius 3 is 2.79 bits per heavy atom. The number of nitrogens with zero attached hydrogens (tertiary/aromatic N) is 1. The van der Waals surface area contributed by atoms with Crippen LogP contribution in [0.25, 0.3) is 0 Å². The van der Waals surface area contributed by atoms with Crippen LogP contribution in [0.3, 0.4) is 0 Å². The van der Waals surface area contributed by atoms with Gasteiger partial charge in [0.15, 0.2) is 0 Å². The van der Waals surface area contributed by atoms with Crippen LogP contribution in [0, 0.1) is 5.92 Å². The lowest BCUT2D eigenvalue weighted by atomic mass is 10.1. The molecule has 1 saturated heterocycles. The van der Waals surface area contributed by atoms with Crippen LogP contribution in [0.5, 0.6) is 11.5 Å². The molecule has 1 aromatic rings. The lowest BCUT2D eigenvalue weighted by molar-refractivity contribution is -0.145. The Balaban J connectivity index is 2.27. The van der Waals surface area contributed by atoms with Crippen molar-refractivity contribution in [1.82, 2.24) is 0 Å². The summed E-state index contributed by atoms with van der Waals surface area (Å²) < 4.78 is 9.70. The predicted octanol–water partition coefficient (Wildman–Crippen LogP) is 0.927. The molecule has 1 fully saturated rings. The molecule has 0 spiro atoms. The van der Waals surface area contributed by atoms with Gasteiger partial charge in [-0.2, -0.15) is 0 Å². The molecule has 102 valence electrons. The standard InChI is InChI=1S/C13H15NO5/c1-18-9-3-4-11(15)10(6-9)14-7-8(5-12(14)16)13(17)19-2/h3-4,6,8,15H,5,7H2,1-2H3. The minimum Gasteiger partial charge on any atom is -0.506 e. The maximum atomic E-state index is 11.9. The number of amides is 1. The lowest BCUT2D eigenvalue weighted by Crippen LogP contribution is -2.26. The van der Waals surface area contributed by atoms with Crippen molar-refractivity contribution in [3.63, 3.8) is 0 Å². The first-order valence-corrected chi connectivity index (χ1v) is 5.82. The molecule has 6 nitrogen and oxygen atoms in total. The number of hydrogen-bond acceptors (Lipinski definition) is 5. The van der Waals surface area contributed by atoms with Gasteiger partial charge in [-0.3, -0.25) is 9.59 Å². The summed E-state index contributed by atoms with van der Waals surface area (Å²) in [6.07, 6.45) is 0.0866. The Kier molecular flexibility index (Phi) is 3.59. The number of benzene rings is 1. The maximum absolute atomic E-state index is 11.9. The third-order valence-corrected chi connectivity index (χ3v) is 3.13. The number of phenolic OH excluding ortho intramolecular Hbond substituents is 1. The van der Waals surface area contributed by atoms with Crippen molar-refractivity contribution in [3.8, 4) is 11.5 Å². The summed E-state index contributed by atoms with van der Waals surface area (Å²) in [6.45, 7) is 0.201. The molecule has 1 amide bonds. The zero-order valence-electron chi connectivity index (χ0n) is 10.8. The van der Waals surface area contributed by atoms with E-state index in [9.17, 15) is 14.7 Å². The van der Waals surface area contributed by atoms with Gasteiger partial charge >= 0.3 is 5.97 Å². The van der Waals surface area contributed by atoms with E-state index in [1.807, 2.05) is 0 Å². The topological polar surface area (TPSA) is 76.1 Å². The smallest absolute Gasteiger partial charge is 0.311 e. The van der Waals surface area contributed by atoms with Crippen molar-refractivity contribution < 1.29 is 24.2 Å². The Labute approximate surface area is 110 Å². The van der Waals surface area contributed by atoms with E-state index in [1.54, 1.807) is 12.1 Å². The number of rotatable bonds is 3. The van der Waals surface area contributed by atoms with Crippen molar-refractivity contribution in [2.75, 3.05) is 25.7 Å². The van der Waals surface area contributed by atoms with Gasteiger partial charge in [-0.1, -0.05) is 0 Å². The highest BCUT2D eigenvalue weighted by molar-refractivity contribution is 6.00. The molecule has 1 atom stereocenters. The minimum atomic E-state index is -0.497. The molecule has 1 unspecified atom stereocenters. The molecule has 6 heteroatoms. The largest absolute Gasteiger partial charge is 0.506 e. The summed E-state index contributed by atoms with van der Waals surface area (Å²) in [5, 5.41) is 9.83. The van der Waals surface area contributed by atoms with Crippen molar-refractivity contribution in [2.24, 2.45) is 5.92 Å². The van der Waals surface area contributed by atoms with Gasteiger partial charge in [0.2, 0.25) is 5.91 Å². The molecule has 0 radical (unpaired) electrons. The number of methoxy groups -OCH3 is 2. The van der Waals surface area contributed by atoms with E-state index in [-0.39, 0.29) is 24.6 Å². The monoisotopic (exact) mass is 265 g/mol. The first-order chi connectivity index (χ1) is 9.06. The SMILES string of the molecule is COC(=O)C1CC(=O)N(c2cc(OC)ccc2O)C1. The Hall–Kier alpha value is -2.24. The van der Waals surface area contributed by atoms with Crippen molar-refractivity contribution in [1.29, 1.82) is 0 Å². The Morgan fingerprint density at radius 1 is 1.42 bits per heavy atom. The van der Waals surface area contributed by atoms with Gasteiger partial charge in [0.05, 0.1) is 25.8 Å². The predicted molar refractivity (Wildman–Crippen MR) is 67.1 cm³/mol. The second-order valence-corrected chi connectivity index (χ2v) is 4.28. The molecule has 1 N–H and O–H groups in total. The van der Waals surface area contributed by atoms with Crippen LogP contribution in [0.4, 0.5) is 5.69 Å². The van der Waals surface area contributed by atoms with Gasteiger partial charge < -0.3 is 19.5 Å².